The van der Waals surface area contributed by atoms with E-state index in [0.29, 0.717) is 26.2 Å². The van der Waals surface area contributed by atoms with Gasteiger partial charge in [-0.1, -0.05) is 6.07 Å². The quantitative estimate of drug-likeness (QED) is 0.527. The minimum atomic E-state index is -0.504. The molecule has 1 rings (SSSR count). The molecule has 0 radical (unpaired) electrons. The number of aliphatic hydroxyl groups excluding tert-OH is 1. The number of nitrogens with one attached hydrogen (secondary N) is 1. The SMILES string of the molecule is NC(=O)CCCCNCC(O)COCc1cccs1. The lowest BCUT2D eigenvalue weighted by molar-refractivity contribution is -0.118. The molecule has 108 valence electrons. The van der Waals surface area contributed by atoms with E-state index in [-0.39, 0.29) is 5.91 Å². The van der Waals surface area contributed by atoms with Gasteiger partial charge in [-0.25, -0.2) is 0 Å². The number of carbonyl (C=O) groups excluding carboxylic acids is 1. The standard InChI is InChI=1S/C13H22N2O3S/c14-13(17)5-1-2-6-15-8-11(16)9-18-10-12-4-3-7-19-12/h3-4,7,11,15-16H,1-2,5-6,8-10H2,(H2,14,17). The first-order valence-electron chi connectivity index (χ1n) is 6.45. The summed E-state index contributed by atoms with van der Waals surface area (Å²) < 4.78 is 5.41. The van der Waals surface area contributed by atoms with Gasteiger partial charge >= 0.3 is 0 Å². The molecule has 1 heterocycles. The number of nitrogens with two attached hydrogens (primary N) is 1. The van der Waals surface area contributed by atoms with Crippen LogP contribution < -0.4 is 11.1 Å². The Morgan fingerprint density at radius 2 is 2.37 bits per heavy atom. The molecule has 0 saturated carbocycles. The highest BCUT2D eigenvalue weighted by atomic mass is 32.1. The summed E-state index contributed by atoms with van der Waals surface area (Å²) in [5.74, 6) is -0.262. The highest BCUT2D eigenvalue weighted by Crippen LogP contribution is 2.09. The Bertz CT molecular complexity index is 344. The van der Waals surface area contributed by atoms with Crippen molar-refractivity contribution < 1.29 is 14.6 Å². The number of hydrogen-bond donors (Lipinski definition) is 3. The fourth-order valence-electron chi connectivity index (χ4n) is 1.57. The van der Waals surface area contributed by atoms with Crippen molar-refractivity contribution >= 4 is 17.2 Å². The smallest absolute Gasteiger partial charge is 0.217 e. The van der Waals surface area contributed by atoms with Crippen molar-refractivity contribution in [2.75, 3.05) is 19.7 Å². The number of unbranched alkanes of at least 4 members (excludes halogenated alkanes) is 1. The van der Waals surface area contributed by atoms with Crippen LogP contribution in [0.5, 0.6) is 0 Å². The van der Waals surface area contributed by atoms with E-state index >= 15 is 0 Å². The van der Waals surface area contributed by atoms with Crippen LogP contribution in [0.15, 0.2) is 17.5 Å². The Morgan fingerprint density at radius 3 is 3.05 bits per heavy atom. The zero-order valence-corrected chi connectivity index (χ0v) is 11.8. The molecule has 0 spiro atoms. The maximum atomic E-state index is 10.5. The van der Waals surface area contributed by atoms with E-state index in [1.165, 1.54) is 0 Å². The first-order chi connectivity index (χ1) is 9.18. The lowest BCUT2D eigenvalue weighted by Crippen LogP contribution is -2.31. The fourth-order valence-corrected chi connectivity index (χ4v) is 2.21. The number of hydrogen-bond acceptors (Lipinski definition) is 5. The monoisotopic (exact) mass is 286 g/mol. The van der Waals surface area contributed by atoms with Gasteiger partial charge < -0.3 is 20.9 Å². The van der Waals surface area contributed by atoms with E-state index in [9.17, 15) is 9.90 Å². The minimum absolute atomic E-state index is 0.262. The molecular weight excluding hydrogens is 264 g/mol. The Labute approximate surface area is 117 Å². The average molecular weight is 286 g/mol. The summed E-state index contributed by atoms with van der Waals surface area (Å²) in [5, 5.41) is 14.8. The molecule has 0 aliphatic heterocycles. The Balaban J connectivity index is 1.90. The summed E-state index contributed by atoms with van der Waals surface area (Å²) in [4.78, 5) is 11.7. The van der Waals surface area contributed by atoms with Crippen molar-refractivity contribution in [2.24, 2.45) is 5.73 Å². The van der Waals surface area contributed by atoms with Crippen LogP contribution in [0.3, 0.4) is 0 Å². The van der Waals surface area contributed by atoms with Gasteiger partial charge in [-0.05, 0) is 30.8 Å². The van der Waals surface area contributed by atoms with Crippen molar-refractivity contribution in [1.29, 1.82) is 0 Å². The van der Waals surface area contributed by atoms with E-state index in [0.717, 1.165) is 24.3 Å². The summed E-state index contributed by atoms with van der Waals surface area (Å²) in [6, 6.07) is 3.99. The van der Waals surface area contributed by atoms with Crippen LogP contribution in [0.1, 0.15) is 24.1 Å². The Morgan fingerprint density at radius 1 is 1.53 bits per heavy atom. The van der Waals surface area contributed by atoms with E-state index in [1.54, 1.807) is 11.3 Å². The van der Waals surface area contributed by atoms with Crippen molar-refractivity contribution in [1.82, 2.24) is 5.32 Å². The molecule has 1 unspecified atom stereocenters. The maximum Gasteiger partial charge on any atom is 0.217 e. The molecule has 0 bridgehead atoms. The molecule has 1 amide bonds. The second-order valence-electron chi connectivity index (χ2n) is 4.38. The molecular formula is C13H22N2O3S. The zero-order chi connectivity index (χ0) is 13.9. The molecule has 5 nitrogen and oxygen atoms in total. The van der Waals surface area contributed by atoms with Gasteiger partial charge in [-0.2, -0.15) is 0 Å². The van der Waals surface area contributed by atoms with E-state index < -0.39 is 6.10 Å². The van der Waals surface area contributed by atoms with Crippen LogP contribution in [0.25, 0.3) is 0 Å². The van der Waals surface area contributed by atoms with Gasteiger partial charge in [-0.3, -0.25) is 4.79 Å². The average Bonchev–Trinajstić information content (AvgIpc) is 2.86. The van der Waals surface area contributed by atoms with Gasteiger partial charge in [0, 0.05) is 17.8 Å². The number of primary amides is 1. The van der Waals surface area contributed by atoms with Gasteiger partial charge in [0.05, 0.1) is 19.3 Å². The van der Waals surface area contributed by atoms with Crippen LogP contribution in [0, 0.1) is 0 Å². The van der Waals surface area contributed by atoms with Crippen molar-refractivity contribution in [3.05, 3.63) is 22.4 Å². The van der Waals surface area contributed by atoms with E-state index in [4.69, 9.17) is 10.5 Å². The molecule has 0 saturated heterocycles. The van der Waals surface area contributed by atoms with E-state index in [1.807, 2.05) is 17.5 Å². The zero-order valence-electron chi connectivity index (χ0n) is 11.0. The van der Waals surface area contributed by atoms with Crippen LogP contribution in [0.2, 0.25) is 0 Å². The van der Waals surface area contributed by atoms with Crippen molar-refractivity contribution in [3.63, 3.8) is 0 Å². The second kappa shape index (κ2) is 9.91. The van der Waals surface area contributed by atoms with Crippen LogP contribution >= 0.6 is 11.3 Å². The molecule has 19 heavy (non-hydrogen) atoms. The lowest BCUT2D eigenvalue weighted by Gasteiger charge is -2.11. The third-order valence-corrected chi connectivity index (χ3v) is 3.39. The third kappa shape index (κ3) is 8.72. The number of amides is 1. The first-order valence-corrected chi connectivity index (χ1v) is 7.33. The molecule has 6 heteroatoms. The highest BCUT2D eigenvalue weighted by Gasteiger charge is 2.04. The highest BCUT2D eigenvalue weighted by molar-refractivity contribution is 7.09. The lowest BCUT2D eigenvalue weighted by atomic mass is 10.2. The van der Waals surface area contributed by atoms with Gasteiger partial charge in [0.15, 0.2) is 0 Å². The molecule has 1 aromatic heterocycles. The van der Waals surface area contributed by atoms with Crippen LogP contribution in [0.4, 0.5) is 0 Å². The number of aliphatic hydroxyl groups is 1. The number of thiophene rings is 1. The normalized spacial score (nSPS) is 12.5. The van der Waals surface area contributed by atoms with Gasteiger partial charge in [0.25, 0.3) is 0 Å². The van der Waals surface area contributed by atoms with Gasteiger partial charge in [-0.15, -0.1) is 11.3 Å². The molecule has 4 N–H and O–H groups in total. The number of rotatable bonds is 11. The summed E-state index contributed by atoms with van der Waals surface area (Å²) >= 11 is 1.64. The summed E-state index contributed by atoms with van der Waals surface area (Å²) in [7, 11) is 0. The molecule has 1 atom stereocenters. The van der Waals surface area contributed by atoms with Gasteiger partial charge in [0.1, 0.15) is 0 Å². The third-order valence-electron chi connectivity index (χ3n) is 2.54. The predicted molar refractivity (Wildman–Crippen MR) is 75.9 cm³/mol. The van der Waals surface area contributed by atoms with E-state index in [2.05, 4.69) is 5.32 Å². The summed E-state index contributed by atoms with van der Waals surface area (Å²) in [5.41, 5.74) is 5.04. The molecule has 1 aromatic rings. The summed E-state index contributed by atoms with van der Waals surface area (Å²) in [6.45, 7) is 2.15. The molecule has 0 aliphatic rings. The van der Waals surface area contributed by atoms with Gasteiger partial charge in [0.2, 0.25) is 5.91 Å². The number of ether oxygens (including phenoxy) is 1. The van der Waals surface area contributed by atoms with Crippen LogP contribution in [-0.4, -0.2) is 36.8 Å². The van der Waals surface area contributed by atoms with Crippen molar-refractivity contribution in [3.8, 4) is 0 Å². The predicted octanol–water partition coefficient (Wildman–Crippen LogP) is 0.871. The topological polar surface area (TPSA) is 84.6 Å². The first kappa shape index (κ1) is 16.1. The number of carbonyl (C=O) groups is 1. The Kier molecular flexibility index (Phi) is 8.40. The summed E-state index contributed by atoms with van der Waals surface area (Å²) in [6.07, 6.45) is 1.59. The minimum Gasteiger partial charge on any atom is -0.389 e. The second-order valence-corrected chi connectivity index (χ2v) is 5.41. The Hall–Kier alpha value is -0.950. The molecule has 0 aliphatic carbocycles. The molecule has 0 aromatic carbocycles. The largest absolute Gasteiger partial charge is 0.389 e. The van der Waals surface area contributed by atoms with Crippen molar-refractivity contribution in [2.45, 2.75) is 32.0 Å². The van der Waals surface area contributed by atoms with Crippen LogP contribution in [-0.2, 0) is 16.1 Å². The fraction of sp³-hybridized carbons (Fsp3) is 0.615. The molecule has 0 fully saturated rings. The maximum absolute atomic E-state index is 10.5.